The van der Waals surface area contributed by atoms with Gasteiger partial charge in [0.2, 0.25) is 11.7 Å². The standard InChI is InChI=1S/C17H14N4O4/c22-21(23)13-5-3-4-12(10-13)17-18-16(25-19-17)11-20-8-9-24-15-7-2-1-6-14(15)20/h1-7,10H,8-9,11H2. The second kappa shape index (κ2) is 6.23. The quantitative estimate of drug-likeness (QED) is 0.533. The highest BCUT2D eigenvalue weighted by Crippen LogP contribution is 2.32. The van der Waals surface area contributed by atoms with Crippen molar-refractivity contribution in [1.82, 2.24) is 10.1 Å². The Kier molecular flexibility index (Phi) is 3.77. The fourth-order valence-electron chi connectivity index (χ4n) is 2.75. The molecule has 0 fully saturated rings. The molecule has 4 rings (SSSR count). The van der Waals surface area contributed by atoms with Crippen LogP contribution in [0.15, 0.2) is 53.1 Å². The molecule has 3 aromatic rings. The van der Waals surface area contributed by atoms with Crippen LogP contribution in [0.2, 0.25) is 0 Å². The Morgan fingerprint density at radius 2 is 2.08 bits per heavy atom. The van der Waals surface area contributed by atoms with E-state index in [1.807, 2.05) is 24.3 Å². The molecule has 2 aromatic carbocycles. The van der Waals surface area contributed by atoms with Crippen molar-refractivity contribution in [1.29, 1.82) is 0 Å². The first-order valence-corrected chi connectivity index (χ1v) is 7.75. The Morgan fingerprint density at radius 3 is 2.96 bits per heavy atom. The van der Waals surface area contributed by atoms with E-state index in [4.69, 9.17) is 9.26 Å². The molecule has 126 valence electrons. The van der Waals surface area contributed by atoms with Crippen molar-refractivity contribution in [3.05, 3.63) is 64.5 Å². The Hall–Kier alpha value is -3.42. The number of para-hydroxylation sites is 2. The van der Waals surface area contributed by atoms with E-state index in [0.29, 0.717) is 37.0 Å². The predicted octanol–water partition coefficient (Wildman–Crippen LogP) is 3.04. The molecule has 2 heterocycles. The zero-order chi connectivity index (χ0) is 17.2. The number of hydrogen-bond donors (Lipinski definition) is 0. The van der Waals surface area contributed by atoms with Gasteiger partial charge in [-0.2, -0.15) is 4.98 Å². The first-order chi connectivity index (χ1) is 12.2. The number of aromatic nitrogens is 2. The van der Waals surface area contributed by atoms with Crippen molar-refractivity contribution in [3.8, 4) is 17.1 Å². The molecule has 0 bridgehead atoms. The van der Waals surface area contributed by atoms with Gasteiger partial charge in [0.05, 0.1) is 23.7 Å². The van der Waals surface area contributed by atoms with Crippen molar-refractivity contribution in [2.24, 2.45) is 0 Å². The van der Waals surface area contributed by atoms with Gasteiger partial charge in [0.15, 0.2) is 0 Å². The third kappa shape index (κ3) is 3.01. The number of anilines is 1. The number of ether oxygens (including phenoxy) is 1. The molecule has 0 saturated heterocycles. The minimum atomic E-state index is -0.449. The number of fused-ring (bicyclic) bond motifs is 1. The van der Waals surface area contributed by atoms with Crippen LogP contribution in [-0.4, -0.2) is 28.2 Å². The van der Waals surface area contributed by atoms with Gasteiger partial charge in [0.25, 0.3) is 5.69 Å². The maximum Gasteiger partial charge on any atom is 0.270 e. The number of nitro benzene ring substituents is 1. The molecule has 8 heteroatoms. The van der Waals surface area contributed by atoms with Crippen LogP contribution in [0.5, 0.6) is 5.75 Å². The van der Waals surface area contributed by atoms with Crippen molar-refractivity contribution in [2.75, 3.05) is 18.1 Å². The van der Waals surface area contributed by atoms with Crippen molar-refractivity contribution < 1.29 is 14.2 Å². The average molecular weight is 338 g/mol. The smallest absolute Gasteiger partial charge is 0.270 e. The van der Waals surface area contributed by atoms with E-state index in [2.05, 4.69) is 15.0 Å². The minimum Gasteiger partial charge on any atom is -0.490 e. The molecular weight excluding hydrogens is 324 g/mol. The molecule has 0 amide bonds. The largest absolute Gasteiger partial charge is 0.490 e. The Morgan fingerprint density at radius 1 is 1.20 bits per heavy atom. The second-order valence-electron chi connectivity index (χ2n) is 5.56. The molecular formula is C17H14N4O4. The van der Waals surface area contributed by atoms with Crippen LogP contribution < -0.4 is 9.64 Å². The summed E-state index contributed by atoms with van der Waals surface area (Å²) in [6, 6.07) is 13.9. The Balaban J connectivity index is 1.57. The van der Waals surface area contributed by atoms with Crippen LogP contribution in [0, 0.1) is 10.1 Å². The molecule has 0 saturated carbocycles. The Bertz CT molecular complexity index is 924. The summed E-state index contributed by atoms with van der Waals surface area (Å²) in [4.78, 5) is 16.9. The number of nitro groups is 1. The lowest BCUT2D eigenvalue weighted by atomic mass is 10.2. The monoisotopic (exact) mass is 338 g/mol. The van der Waals surface area contributed by atoms with Crippen LogP contribution in [-0.2, 0) is 6.54 Å². The lowest BCUT2D eigenvalue weighted by Gasteiger charge is -2.29. The molecule has 0 radical (unpaired) electrons. The van der Waals surface area contributed by atoms with E-state index >= 15 is 0 Å². The maximum atomic E-state index is 10.9. The van der Waals surface area contributed by atoms with E-state index in [0.717, 1.165) is 11.4 Å². The van der Waals surface area contributed by atoms with E-state index in [9.17, 15) is 10.1 Å². The summed E-state index contributed by atoms with van der Waals surface area (Å²) in [7, 11) is 0. The van der Waals surface area contributed by atoms with Gasteiger partial charge in [-0.25, -0.2) is 0 Å². The zero-order valence-electron chi connectivity index (χ0n) is 13.2. The molecule has 0 N–H and O–H groups in total. The highest BCUT2D eigenvalue weighted by molar-refractivity contribution is 5.60. The van der Waals surface area contributed by atoms with Crippen LogP contribution in [0.3, 0.4) is 0 Å². The molecule has 0 unspecified atom stereocenters. The lowest BCUT2D eigenvalue weighted by molar-refractivity contribution is -0.384. The number of nitrogens with zero attached hydrogens (tertiary/aromatic N) is 4. The van der Waals surface area contributed by atoms with Crippen molar-refractivity contribution >= 4 is 11.4 Å². The number of hydrogen-bond acceptors (Lipinski definition) is 7. The molecule has 0 spiro atoms. The summed E-state index contributed by atoms with van der Waals surface area (Å²) in [6.07, 6.45) is 0. The van der Waals surface area contributed by atoms with Crippen LogP contribution in [0.25, 0.3) is 11.4 Å². The molecule has 8 nitrogen and oxygen atoms in total. The summed E-state index contributed by atoms with van der Waals surface area (Å²) in [5.41, 5.74) is 1.52. The lowest BCUT2D eigenvalue weighted by Crippen LogP contribution is -2.32. The maximum absolute atomic E-state index is 10.9. The van der Waals surface area contributed by atoms with Crippen molar-refractivity contribution in [2.45, 2.75) is 6.54 Å². The molecule has 25 heavy (non-hydrogen) atoms. The van der Waals surface area contributed by atoms with Gasteiger partial charge >= 0.3 is 0 Å². The van der Waals surface area contributed by atoms with Gasteiger partial charge in [-0.1, -0.05) is 29.4 Å². The first kappa shape index (κ1) is 15.1. The topological polar surface area (TPSA) is 94.5 Å². The van der Waals surface area contributed by atoms with E-state index in [1.165, 1.54) is 12.1 Å². The fraction of sp³-hybridized carbons (Fsp3) is 0.176. The van der Waals surface area contributed by atoms with Gasteiger partial charge in [0, 0.05) is 17.7 Å². The van der Waals surface area contributed by atoms with E-state index < -0.39 is 4.92 Å². The fourth-order valence-corrected chi connectivity index (χ4v) is 2.75. The highest BCUT2D eigenvalue weighted by atomic mass is 16.6. The zero-order valence-corrected chi connectivity index (χ0v) is 13.2. The van der Waals surface area contributed by atoms with Crippen LogP contribution in [0.1, 0.15) is 5.89 Å². The molecule has 0 aliphatic carbocycles. The molecule has 1 aromatic heterocycles. The summed E-state index contributed by atoms with van der Waals surface area (Å²) < 4.78 is 11.0. The average Bonchev–Trinajstić information content (AvgIpc) is 3.11. The normalized spacial score (nSPS) is 13.2. The first-order valence-electron chi connectivity index (χ1n) is 7.75. The van der Waals surface area contributed by atoms with Gasteiger partial charge in [-0.15, -0.1) is 0 Å². The van der Waals surface area contributed by atoms with Gasteiger partial charge in [-0.05, 0) is 12.1 Å². The molecule has 1 aliphatic heterocycles. The highest BCUT2D eigenvalue weighted by Gasteiger charge is 2.20. The summed E-state index contributed by atoms with van der Waals surface area (Å²) in [5, 5.41) is 14.8. The van der Waals surface area contributed by atoms with E-state index in [1.54, 1.807) is 12.1 Å². The third-order valence-electron chi connectivity index (χ3n) is 3.93. The summed E-state index contributed by atoms with van der Waals surface area (Å²) in [6.45, 7) is 1.75. The molecule has 1 aliphatic rings. The summed E-state index contributed by atoms with van der Waals surface area (Å²) in [5.74, 6) is 1.60. The second-order valence-corrected chi connectivity index (χ2v) is 5.56. The van der Waals surface area contributed by atoms with Gasteiger partial charge in [0.1, 0.15) is 12.4 Å². The third-order valence-corrected chi connectivity index (χ3v) is 3.93. The number of rotatable bonds is 4. The molecule has 0 atom stereocenters. The Labute approximate surface area is 142 Å². The van der Waals surface area contributed by atoms with Gasteiger partial charge in [-0.3, -0.25) is 10.1 Å². The number of benzene rings is 2. The van der Waals surface area contributed by atoms with Crippen molar-refractivity contribution in [3.63, 3.8) is 0 Å². The SMILES string of the molecule is O=[N+]([O-])c1cccc(-c2noc(CN3CCOc4ccccc43)n2)c1. The van der Waals surface area contributed by atoms with Crippen LogP contribution >= 0.6 is 0 Å². The number of non-ortho nitro benzene ring substituents is 1. The van der Waals surface area contributed by atoms with Crippen LogP contribution in [0.4, 0.5) is 11.4 Å². The predicted molar refractivity (Wildman–Crippen MR) is 89.4 cm³/mol. The summed E-state index contributed by atoms with van der Waals surface area (Å²) >= 11 is 0. The van der Waals surface area contributed by atoms with Gasteiger partial charge < -0.3 is 14.2 Å². The van der Waals surface area contributed by atoms with E-state index in [-0.39, 0.29) is 5.69 Å². The minimum absolute atomic E-state index is 0.00837.